The molecular weight excluding hydrogens is 272 g/mol. The van der Waals surface area contributed by atoms with Gasteiger partial charge >= 0.3 is 0 Å². The molecule has 2 aromatic rings. The van der Waals surface area contributed by atoms with Gasteiger partial charge in [0.2, 0.25) is 0 Å². The molecule has 0 unspecified atom stereocenters. The van der Waals surface area contributed by atoms with E-state index < -0.39 is 0 Å². The smallest absolute Gasteiger partial charge is 0.118 e. The largest absolute Gasteiger partial charge is 0.497 e. The summed E-state index contributed by atoms with van der Waals surface area (Å²) in [6, 6.07) is 19.3. The third-order valence-electron chi connectivity index (χ3n) is 3.32. The van der Waals surface area contributed by atoms with E-state index in [4.69, 9.17) is 4.74 Å². The van der Waals surface area contributed by atoms with Gasteiger partial charge in [-0.25, -0.2) is 0 Å². The van der Waals surface area contributed by atoms with Crippen LogP contribution in [0, 0.1) is 0 Å². The van der Waals surface area contributed by atoms with E-state index in [1.54, 1.807) is 7.11 Å². The van der Waals surface area contributed by atoms with Gasteiger partial charge in [0.15, 0.2) is 0 Å². The van der Waals surface area contributed by atoms with Gasteiger partial charge in [0.1, 0.15) is 9.83 Å². The van der Waals surface area contributed by atoms with Crippen LogP contribution in [0.5, 0.6) is 5.75 Å². The van der Waals surface area contributed by atoms with E-state index in [9.17, 15) is 0 Å². The van der Waals surface area contributed by atoms with E-state index in [0.717, 1.165) is 5.75 Å². The lowest BCUT2D eigenvalue weighted by atomic mass is 10.0. The molecule has 3 rings (SSSR count). The summed E-state index contributed by atoms with van der Waals surface area (Å²) in [5.74, 6) is 3.32. The maximum atomic E-state index is 5.26. The van der Waals surface area contributed by atoms with Crippen LogP contribution in [0.15, 0.2) is 54.6 Å². The zero-order valence-corrected chi connectivity index (χ0v) is 12.5. The van der Waals surface area contributed by atoms with Gasteiger partial charge in [0, 0.05) is 11.5 Å². The van der Waals surface area contributed by atoms with Crippen molar-refractivity contribution in [3.63, 3.8) is 0 Å². The highest BCUT2D eigenvalue weighted by Crippen LogP contribution is 2.56. The summed E-state index contributed by atoms with van der Waals surface area (Å²) in [4.78, 5) is 0. The van der Waals surface area contributed by atoms with Gasteiger partial charge < -0.3 is 4.74 Å². The van der Waals surface area contributed by atoms with Gasteiger partial charge in [-0.1, -0.05) is 42.5 Å². The van der Waals surface area contributed by atoms with Crippen molar-refractivity contribution in [1.82, 2.24) is 0 Å². The molecule has 0 spiro atoms. The highest BCUT2D eigenvalue weighted by atomic mass is 32.2. The number of hydrogen-bond acceptors (Lipinski definition) is 3. The number of hydrogen-bond donors (Lipinski definition) is 0. The molecule has 1 aliphatic rings. The average molecular weight is 288 g/mol. The lowest BCUT2D eigenvalue weighted by molar-refractivity contribution is 0.414. The Morgan fingerprint density at radius 1 is 0.842 bits per heavy atom. The molecule has 3 heteroatoms. The molecule has 1 saturated heterocycles. The van der Waals surface area contributed by atoms with Crippen LogP contribution in [0.2, 0.25) is 0 Å². The number of benzene rings is 2. The molecule has 0 bridgehead atoms. The molecule has 2 aromatic carbocycles. The van der Waals surface area contributed by atoms with E-state index in [-0.39, 0.29) is 4.08 Å². The topological polar surface area (TPSA) is 9.23 Å². The minimum Gasteiger partial charge on any atom is -0.497 e. The minimum atomic E-state index is 0.0491. The summed E-state index contributed by atoms with van der Waals surface area (Å²) >= 11 is 4.06. The standard InChI is InChI=1S/C16H16OS2/c1-17-15-9-7-14(8-10-15)16(18-11-12-19-16)13-5-3-2-4-6-13/h2-10H,11-12H2,1H3. The van der Waals surface area contributed by atoms with E-state index in [0.29, 0.717) is 0 Å². The SMILES string of the molecule is COc1ccc(C2(c3ccccc3)SCCS2)cc1. The third kappa shape index (κ3) is 2.37. The average Bonchev–Trinajstić information content (AvgIpc) is 2.99. The number of thioether (sulfide) groups is 2. The normalized spacial score (nSPS) is 17.3. The quantitative estimate of drug-likeness (QED) is 0.829. The Labute approximate surface area is 122 Å². The molecule has 1 nitrogen and oxygen atoms in total. The van der Waals surface area contributed by atoms with Crippen molar-refractivity contribution in [2.75, 3.05) is 18.6 Å². The monoisotopic (exact) mass is 288 g/mol. The van der Waals surface area contributed by atoms with Gasteiger partial charge in [-0.2, -0.15) is 0 Å². The van der Waals surface area contributed by atoms with Crippen molar-refractivity contribution in [2.45, 2.75) is 4.08 Å². The summed E-state index contributed by atoms with van der Waals surface area (Å²) in [5.41, 5.74) is 2.74. The van der Waals surface area contributed by atoms with Crippen LogP contribution in [-0.4, -0.2) is 18.6 Å². The van der Waals surface area contributed by atoms with Gasteiger partial charge in [0.25, 0.3) is 0 Å². The van der Waals surface area contributed by atoms with Crippen molar-refractivity contribution in [1.29, 1.82) is 0 Å². The van der Waals surface area contributed by atoms with Gasteiger partial charge in [-0.15, -0.1) is 23.5 Å². The highest BCUT2D eigenvalue weighted by molar-refractivity contribution is 8.20. The molecule has 0 aromatic heterocycles. The van der Waals surface area contributed by atoms with E-state index in [1.165, 1.54) is 22.6 Å². The molecule has 98 valence electrons. The van der Waals surface area contributed by atoms with Crippen molar-refractivity contribution in [3.8, 4) is 5.75 Å². The molecular formula is C16H16OS2. The van der Waals surface area contributed by atoms with E-state index in [1.807, 2.05) is 23.5 Å². The third-order valence-corrected chi connectivity index (χ3v) is 6.86. The van der Waals surface area contributed by atoms with Crippen LogP contribution in [0.4, 0.5) is 0 Å². The number of rotatable bonds is 3. The maximum Gasteiger partial charge on any atom is 0.118 e. The highest BCUT2D eigenvalue weighted by Gasteiger charge is 2.39. The van der Waals surface area contributed by atoms with Gasteiger partial charge in [-0.3, -0.25) is 0 Å². The molecule has 1 heterocycles. The van der Waals surface area contributed by atoms with E-state index in [2.05, 4.69) is 54.6 Å². The Morgan fingerprint density at radius 3 is 2.00 bits per heavy atom. The Hall–Kier alpha value is -1.06. The zero-order valence-electron chi connectivity index (χ0n) is 10.8. The Kier molecular flexibility index (Phi) is 3.76. The first-order valence-electron chi connectivity index (χ1n) is 6.33. The first-order valence-corrected chi connectivity index (χ1v) is 8.30. The van der Waals surface area contributed by atoms with Crippen LogP contribution < -0.4 is 4.74 Å². The first kappa shape index (κ1) is 12.9. The molecule has 0 aliphatic carbocycles. The maximum absolute atomic E-state index is 5.26. The van der Waals surface area contributed by atoms with Crippen LogP contribution in [0.25, 0.3) is 0 Å². The molecule has 19 heavy (non-hydrogen) atoms. The van der Waals surface area contributed by atoms with Gasteiger partial charge in [-0.05, 0) is 23.3 Å². The first-order chi connectivity index (χ1) is 9.35. The molecule has 0 radical (unpaired) electrons. The number of methoxy groups -OCH3 is 1. The van der Waals surface area contributed by atoms with Crippen molar-refractivity contribution < 1.29 is 4.74 Å². The molecule has 0 saturated carbocycles. The van der Waals surface area contributed by atoms with E-state index >= 15 is 0 Å². The molecule has 1 aliphatic heterocycles. The second-order valence-corrected chi connectivity index (χ2v) is 7.29. The van der Waals surface area contributed by atoms with Crippen LogP contribution >= 0.6 is 23.5 Å². The van der Waals surface area contributed by atoms with Crippen molar-refractivity contribution in [2.24, 2.45) is 0 Å². The summed E-state index contributed by atoms with van der Waals surface area (Å²) in [7, 11) is 1.71. The fourth-order valence-electron chi connectivity index (χ4n) is 2.38. The fraction of sp³-hybridized carbons (Fsp3) is 0.250. The van der Waals surface area contributed by atoms with Gasteiger partial charge in [0.05, 0.1) is 7.11 Å². The molecule has 0 atom stereocenters. The second kappa shape index (κ2) is 5.51. The molecule has 0 amide bonds. The Balaban J connectivity index is 2.05. The van der Waals surface area contributed by atoms with Crippen LogP contribution in [-0.2, 0) is 4.08 Å². The summed E-state index contributed by atoms with van der Waals surface area (Å²) in [6.07, 6.45) is 0. The minimum absolute atomic E-state index is 0.0491. The van der Waals surface area contributed by atoms with Crippen LogP contribution in [0.3, 0.4) is 0 Å². The zero-order chi connectivity index (χ0) is 13.1. The molecule has 0 N–H and O–H groups in total. The fourth-order valence-corrected chi connectivity index (χ4v) is 5.67. The Morgan fingerprint density at radius 2 is 1.42 bits per heavy atom. The Bertz CT molecular complexity index is 530. The predicted octanol–water partition coefficient (Wildman–Crippen LogP) is 4.38. The molecule has 1 fully saturated rings. The van der Waals surface area contributed by atoms with Crippen LogP contribution in [0.1, 0.15) is 11.1 Å². The van der Waals surface area contributed by atoms with Crippen molar-refractivity contribution in [3.05, 3.63) is 65.7 Å². The summed E-state index contributed by atoms with van der Waals surface area (Å²) in [6.45, 7) is 0. The summed E-state index contributed by atoms with van der Waals surface area (Å²) in [5, 5.41) is 0. The number of ether oxygens (including phenoxy) is 1. The lowest BCUT2D eigenvalue weighted by Crippen LogP contribution is -2.16. The van der Waals surface area contributed by atoms with Crippen molar-refractivity contribution >= 4 is 23.5 Å². The lowest BCUT2D eigenvalue weighted by Gasteiger charge is -2.28. The second-order valence-electron chi connectivity index (χ2n) is 4.41. The summed E-state index contributed by atoms with van der Waals surface area (Å²) < 4.78 is 5.31. The predicted molar refractivity (Wildman–Crippen MR) is 85.1 cm³/mol.